The normalized spacial score (nSPS) is 15.2. The molecule has 5 rings (SSSR count). The highest BCUT2D eigenvalue weighted by Gasteiger charge is 2.26. The van der Waals surface area contributed by atoms with E-state index < -0.39 is 5.82 Å². The second-order valence-electron chi connectivity index (χ2n) is 9.72. The number of hydrogen-bond donors (Lipinski definition) is 1. The Morgan fingerprint density at radius 3 is 2.65 bits per heavy atom. The van der Waals surface area contributed by atoms with Crippen molar-refractivity contribution in [3.63, 3.8) is 0 Å². The summed E-state index contributed by atoms with van der Waals surface area (Å²) in [5, 5.41) is 3.85. The Labute approximate surface area is 216 Å². The van der Waals surface area contributed by atoms with Crippen molar-refractivity contribution in [2.75, 3.05) is 6.61 Å². The van der Waals surface area contributed by atoms with Crippen molar-refractivity contribution >= 4 is 22.7 Å². The van der Waals surface area contributed by atoms with E-state index in [2.05, 4.69) is 53.8 Å². The number of aliphatic imine (C=N–C) groups is 1. The largest absolute Gasteiger partial charge is 0.475 e. The third kappa shape index (κ3) is 5.12. The number of aromatic nitrogens is 2. The van der Waals surface area contributed by atoms with E-state index in [4.69, 9.17) is 9.73 Å². The first-order valence-corrected chi connectivity index (χ1v) is 12.7. The number of carbonyl (C=O) groups is 1. The highest BCUT2D eigenvalue weighted by Crippen LogP contribution is 2.33. The molecule has 2 aromatic heterocycles. The molecule has 0 aliphatic carbocycles. The Kier molecular flexibility index (Phi) is 7.04. The maximum absolute atomic E-state index is 13.6. The Bertz CT molecular complexity index is 1460. The van der Waals surface area contributed by atoms with Gasteiger partial charge in [-0.2, -0.15) is 0 Å². The van der Waals surface area contributed by atoms with Gasteiger partial charge in [-0.05, 0) is 41.7 Å². The van der Waals surface area contributed by atoms with E-state index in [-0.39, 0.29) is 24.4 Å². The van der Waals surface area contributed by atoms with Gasteiger partial charge >= 0.3 is 0 Å². The maximum Gasteiger partial charge on any atom is 0.254 e. The van der Waals surface area contributed by atoms with Crippen molar-refractivity contribution < 1.29 is 13.9 Å². The van der Waals surface area contributed by atoms with Crippen LogP contribution in [0.15, 0.2) is 72.0 Å². The molecule has 1 aliphatic heterocycles. The molecule has 0 saturated heterocycles. The van der Waals surface area contributed by atoms with Gasteiger partial charge < -0.3 is 14.6 Å². The zero-order chi connectivity index (χ0) is 25.9. The van der Waals surface area contributed by atoms with Crippen molar-refractivity contribution in [3.8, 4) is 0 Å². The molecule has 1 atom stereocenters. The topological polar surface area (TPSA) is 68.5 Å². The Morgan fingerprint density at radius 2 is 1.95 bits per heavy atom. The van der Waals surface area contributed by atoms with Gasteiger partial charge in [-0.3, -0.25) is 9.78 Å². The summed E-state index contributed by atoms with van der Waals surface area (Å²) in [4.78, 5) is 22.3. The van der Waals surface area contributed by atoms with Crippen LogP contribution in [0, 0.1) is 5.82 Å². The van der Waals surface area contributed by atoms with Crippen LogP contribution in [-0.4, -0.2) is 34.0 Å². The molecule has 0 spiro atoms. The van der Waals surface area contributed by atoms with Crippen molar-refractivity contribution in [1.82, 2.24) is 14.9 Å². The van der Waals surface area contributed by atoms with Crippen LogP contribution in [0.1, 0.15) is 65.9 Å². The van der Waals surface area contributed by atoms with Crippen molar-refractivity contribution in [1.29, 1.82) is 0 Å². The number of nitrogens with one attached hydrogen (secondary N) is 1. The van der Waals surface area contributed by atoms with Gasteiger partial charge in [0.25, 0.3) is 5.91 Å². The molecule has 0 saturated carbocycles. The summed E-state index contributed by atoms with van der Waals surface area (Å²) in [6.45, 7) is 7.71. The molecule has 37 heavy (non-hydrogen) atoms. The van der Waals surface area contributed by atoms with Crippen LogP contribution in [0.4, 0.5) is 4.39 Å². The molecular weight excluding hydrogens is 467 g/mol. The van der Waals surface area contributed by atoms with Gasteiger partial charge in [0, 0.05) is 35.9 Å². The summed E-state index contributed by atoms with van der Waals surface area (Å²) in [5.41, 5.74) is 5.20. The van der Waals surface area contributed by atoms with Crippen LogP contribution < -0.4 is 5.32 Å². The molecule has 1 amide bonds. The van der Waals surface area contributed by atoms with Crippen molar-refractivity contribution in [2.24, 2.45) is 4.99 Å². The third-order valence-corrected chi connectivity index (χ3v) is 6.71. The molecule has 0 bridgehead atoms. The molecule has 7 heteroatoms. The van der Waals surface area contributed by atoms with Crippen LogP contribution in [0.25, 0.3) is 10.9 Å². The van der Waals surface area contributed by atoms with Gasteiger partial charge in [-0.15, -0.1) is 0 Å². The Morgan fingerprint density at radius 1 is 1.14 bits per heavy atom. The predicted molar refractivity (Wildman–Crippen MR) is 144 cm³/mol. The monoisotopic (exact) mass is 498 g/mol. The fourth-order valence-electron chi connectivity index (χ4n) is 4.88. The van der Waals surface area contributed by atoms with E-state index in [1.165, 1.54) is 6.07 Å². The van der Waals surface area contributed by atoms with Crippen LogP contribution in [0.2, 0.25) is 0 Å². The fraction of sp³-hybridized carbons (Fsp3) is 0.300. The zero-order valence-corrected chi connectivity index (χ0v) is 21.4. The average Bonchev–Trinajstić information content (AvgIpc) is 3.51. The van der Waals surface area contributed by atoms with Crippen molar-refractivity contribution in [3.05, 3.63) is 101 Å². The number of fused-ring (bicyclic) bond motifs is 1. The van der Waals surface area contributed by atoms with Crippen LogP contribution in [-0.2, 0) is 17.8 Å². The average molecular weight is 499 g/mol. The second-order valence-corrected chi connectivity index (χ2v) is 9.72. The molecule has 190 valence electrons. The van der Waals surface area contributed by atoms with Gasteiger partial charge in [0.1, 0.15) is 12.4 Å². The number of ether oxygens (including phenoxy) is 1. The number of hydrogen-bond acceptors (Lipinski definition) is 4. The Hall–Kier alpha value is -4.00. The predicted octanol–water partition coefficient (Wildman–Crippen LogP) is 5.83. The fourth-order valence-corrected chi connectivity index (χ4v) is 4.88. The quantitative estimate of drug-likeness (QED) is 0.332. The zero-order valence-electron chi connectivity index (χ0n) is 21.4. The molecule has 0 unspecified atom stereocenters. The summed E-state index contributed by atoms with van der Waals surface area (Å²) < 4.78 is 21.7. The standard InChI is InChI=1S/C30H31FN4O2/c1-4-24-18-37-30(34-24)22-10-11-25-26(13-22)35(17-20-8-6-5-7-9-20)28(19(2)3)27(25)29(36)33-15-21-12-23(31)16-32-14-21/h5-14,16,19,24H,4,15,17-18H2,1-3H3,(H,33,36)/t24-/m0/s1. The van der Waals surface area contributed by atoms with E-state index in [0.717, 1.165) is 40.3 Å². The second kappa shape index (κ2) is 10.5. The van der Waals surface area contributed by atoms with Crippen LogP contribution >= 0.6 is 0 Å². The van der Waals surface area contributed by atoms with Gasteiger partial charge in [-0.1, -0.05) is 57.2 Å². The van der Waals surface area contributed by atoms with Crippen LogP contribution in [0.3, 0.4) is 0 Å². The molecular formula is C30H31FN4O2. The lowest BCUT2D eigenvalue weighted by Gasteiger charge is -2.16. The van der Waals surface area contributed by atoms with E-state index in [1.54, 1.807) is 6.20 Å². The summed E-state index contributed by atoms with van der Waals surface area (Å²) in [5.74, 6) is 0.111. The summed E-state index contributed by atoms with van der Waals surface area (Å²) >= 11 is 0. The molecule has 0 fully saturated rings. The van der Waals surface area contributed by atoms with Crippen molar-refractivity contribution in [2.45, 2.75) is 52.2 Å². The van der Waals surface area contributed by atoms with E-state index in [9.17, 15) is 9.18 Å². The molecule has 1 aliphatic rings. The van der Waals surface area contributed by atoms with Gasteiger partial charge in [0.2, 0.25) is 5.90 Å². The van der Waals surface area contributed by atoms with Crippen LogP contribution in [0.5, 0.6) is 0 Å². The number of pyridine rings is 1. The summed E-state index contributed by atoms with van der Waals surface area (Å²) in [6.07, 6.45) is 3.64. The summed E-state index contributed by atoms with van der Waals surface area (Å²) in [7, 11) is 0. The van der Waals surface area contributed by atoms with E-state index in [0.29, 0.717) is 30.2 Å². The number of nitrogens with zero attached hydrogens (tertiary/aromatic N) is 3. The first kappa shape index (κ1) is 24.7. The SMILES string of the molecule is CC[C@H]1COC(c2ccc3c(C(=O)NCc4cncc(F)c4)c(C(C)C)n(Cc4ccccc4)c3c2)=N1. The van der Waals surface area contributed by atoms with E-state index in [1.807, 2.05) is 30.3 Å². The lowest BCUT2D eigenvalue weighted by molar-refractivity contribution is 0.0951. The highest BCUT2D eigenvalue weighted by molar-refractivity contribution is 6.10. The Balaban J connectivity index is 1.60. The number of halogens is 1. The van der Waals surface area contributed by atoms with Gasteiger partial charge in [-0.25, -0.2) is 9.38 Å². The number of benzene rings is 2. The summed E-state index contributed by atoms with van der Waals surface area (Å²) in [6, 6.07) is 17.8. The number of carbonyl (C=O) groups excluding carboxylic acids is 1. The third-order valence-electron chi connectivity index (χ3n) is 6.71. The minimum atomic E-state index is -0.427. The molecule has 1 N–H and O–H groups in total. The maximum atomic E-state index is 13.6. The minimum absolute atomic E-state index is 0.0840. The lowest BCUT2D eigenvalue weighted by Crippen LogP contribution is -2.24. The first-order chi connectivity index (χ1) is 17.9. The molecule has 2 aromatic carbocycles. The molecule has 0 radical (unpaired) electrons. The van der Waals surface area contributed by atoms with E-state index >= 15 is 0 Å². The molecule has 3 heterocycles. The number of amides is 1. The van der Waals surface area contributed by atoms with Gasteiger partial charge in [0.05, 0.1) is 23.3 Å². The molecule has 4 aromatic rings. The highest BCUT2D eigenvalue weighted by atomic mass is 19.1. The van der Waals surface area contributed by atoms with Gasteiger partial charge in [0.15, 0.2) is 0 Å². The molecule has 6 nitrogen and oxygen atoms in total. The lowest BCUT2D eigenvalue weighted by atomic mass is 10.0. The minimum Gasteiger partial charge on any atom is -0.475 e. The number of rotatable bonds is 8. The smallest absolute Gasteiger partial charge is 0.254 e. The first-order valence-electron chi connectivity index (χ1n) is 12.7.